The third-order valence-electron chi connectivity index (χ3n) is 5.10. The Morgan fingerprint density at radius 2 is 1.69 bits per heavy atom. The van der Waals surface area contributed by atoms with Crippen LogP contribution in [0.1, 0.15) is 41.5 Å². The molecule has 0 radical (unpaired) electrons. The van der Waals surface area contributed by atoms with Gasteiger partial charge in [0.1, 0.15) is 6.17 Å². The lowest BCUT2D eigenvalue weighted by Gasteiger charge is -2.38. The van der Waals surface area contributed by atoms with E-state index in [1.807, 2.05) is 48.5 Å². The summed E-state index contributed by atoms with van der Waals surface area (Å²) in [6, 6.07) is 23.2. The molecule has 1 heterocycles. The van der Waals surface area contributed by atoms with E-state index in [0.29, 0.717) is 11.3 Å². The molecule has 1 unspecified atom stereocenters. The minimum absolute atomic E-state index is 0.0591. The molecule has 0 spiro atoms. The number of hydrogen-bond donors (Lipinski definition) is 2. The van der Waals surface area contributed by atoms with Crippen LogP contribution in [0.3, 0.4) is 0 Å². The summed E-state index contributed by atoms with van der Waals surface area (Å²) in [7, 11) is 0. The van der Waals surface area contributed by atoms with E-state index in [9.17, 15) is 9.59 Å². The first-order chi connectivity index (χ1) is 14.1. The van der Waals surface area contributed by atoms with Crippen molar-refractivity contribution in [2.24, 2.45) is 0 Å². The van der Waals surface area contributed by atoms with E-state index in [-0.39, 0.29) is 18.0 Å². The van der Waals surface area contributed by atoms with Gasteiger partial charge in [-0.05, 0) is 53.9 Å². The summed E-state index contributed by atoms with van der Waals surface area (Å²) in [5.41, 5.74) is 5.19. The van der Waals surface area contributed by atoms with Crippen LogP contribution in [0.15, 0.2) is 72.8 Å². The molecule has 3 aromatic carbocycles. The van der Waals surface area contributed by atoms with Crippen molar-refractivity contribution >= 4 is 28.9 Å². The lowest BCUT2D eigenvalue weighted by Crippen LogP contribution is -2.43. The van der Waals surface area contributed by atoms with E-state index in [1.165, 1.54) is 12.5 Å². The molecule has 0 saturated carbocycles. The highest BCUT2D eigenvalue weighted by Gasteiger charge is 2.33. The molecule has 2 N–H and O–H groups in total. The zero-order valence-corrected chi connectivity index (χ0v) is 16.5. The van der Waals surface area contributed by atoms with Crippen LogP contribution in [-0.2, 0) is 11.2 Å². The molecular formula is C24H23N3O2. The van der Waals surface area contributed by atoms with Gasteiger partial charge in [0.2, 0.25) is 5.91 Å². The van der Waals surface area contributed by atoms with Crippen molar-refractivity contribution in [3.63, 3.8) is 0 Å². The molecule has 2 amide bonds. The van der Waals surface area contributed by atoms with Gasteiger partial charge in [0.05, 0.1) is 5.56 Å². The Morgan fingerprint density at radius 3 is 2.34 bits per heavy atom. The van der Waals surface area contributed by atoms with Gasteiger partial charge < -0.3 is 10.6 Å². The number of aryl methyl sites for hydroxylation is 1. The molecule has 0 saturated heterocycles. The third kappa shape index (κ3) is 3.72. The molecule has 0 fully saturated rings. The smallest absolute Gasteiger partial charge is 0.262 e. The summed E-state index contributed by atoms with van der Waals surface area (Å²) < 4.78 is 0. The fourth-order valence-corrected chi connectivity index (χ4v) is 3.60. The number of nitrogens with zero attached hydrogens (tertiary/aromatic N) is 1. The molecule has 5 heteroatoms. The standard InChI is InChI=1S/C24H23N3O2/c1-3-17-8-10-18(11-9-17)23-26-22-7-5-4-6-21(22)24(29)27(23)20-14-12-19(13-15-20)25-16(2)28/h4-15,23,26H,3H2,1-2H3,(H,25,28). The minimum atomic E-state index is -0.324. The fourth-order valence-electron chi connectivity index (χ4n) is 3.60. The maximum absolute atomic E-state index is 13.4. The van der Waals surface area contributed by atoms with Gasteiger partial charge in [-0.25, -0.2) is 0 Å². The average Bonchev–Trinajstić information content (AvgIpc) is 2.74. The topological polar surface area (TPSA) is 61.4 Å². The predicted octanol–water partition coefficient (Wildman–Crippen LogP) is 4.98. The number of fused-ring (bicyclic) bond motifs is 1. The molecule has 0 aliphatic carbocycles. The van der Waals surface area contributed by atoms with Crippen LogP contribution in [0.5, 0.6) is 0 Å². The Hall–Kier alpha value is -3.60. The highest BCUT2D eigenvalue weighted by Crippen LogP contribution is 2.37. The van der Waals surface area contributed by atoms with Crippen LogP contribution in [0.25, 0.3) is 0 Å². The molecule has 1 aliphatic heterocycles. The summed E-state index contributed by atoms with van der Waals surface area (Å²) in [5, 5.41) is 6.27. The van der Waals surface area contributed by atoms with Gasteiger partial charge in [0, 0.05) is 24.0 Å². The Kier molecular flexibility index (Phi) is 5.04. The van der Waals surface area contributed by atoms with Crippen LogP contribution in [0.2, 0.25) is 0 Å². The average molecular weight is 385 g/mol. The highest BCUT2D eigenvalue weighted by atomic mass is 16.2. The maximum Gasteiger partial charge on any atom is 0.262 e. The van der Waals surface area contributed by atoms with E-state index < -0.39 is 0 Å². The Bertz CT molecular complexity index is 1040. The predicted molar refractivity (Wildman–Crippen MR) is 116 cm³/mol. The van der Waals surface area contributed by atoms with Gasteiger partial charge in [0.25, 0.3) is 5.91 Å². The van der Waals surface area contributed by atoms with E-state index in [0.717, 1.165) is 23.4 Å². The first-order valence-electron chi connectivity index (χ1n) is 9.72. The summed E-state index contributed by atoms with van der Waals surface area (Å²) in [5.74, 6) is -0.188. The second-order valence-corrected chi connectivity index (χ2v) is 7.09. The number of hydrogen-bond acceptors (Lipinski definition) is 3. The molecule has 0 aromatic heterocycles. The lowest BCUT2D eigenvalue weighted by atomic mass is 10.0. The van der Waals surface area contributed by atoms with Crippen LogP contribution >= 0.6 is 0 Å². The van der Waals surface area contributed by atoms with Crippen LogP contribution in [-0.4, -0.2) is 11.8 Å². The molecule has 4 rings (SSSR count). The van der Waals surface area contributed by atoms with Crippen molar-refractivity contribution in [3.8, 4) is 0 Å². The van der Waals surface area contributed by atoms with Crippen molar-refractivity contribution in [3.05, 3.63) is 89.5 Å². The molecule has 146 valence electrons. The number of amides is 2. The van der Waals surface area contributed by atoms with Gasteiger partial charge in [-0.2, -0.15) is 0 Å². The van der Waals surface area contributed by atoms with Crippen molar-refractivity contribution in [1.82, 2.24) is 0 Å². The number of benzene rings is 3. The summed E-state index contributed by atoms with van der Waals surface area (Å²) in [6.45, 7) is 3.59. The summed E-state index contributed by atoms with van der Waals surface area (Å²) >= 11 is 0. The fraction of sp³-hybridized carbons (Fsp3) is 0.167. The van der Waals surface area contributed by atoms with Gasteiger partial charge in [-0.15, -0.1) is 0 Å². The first kappa shape index (κ1) is 18.7. The lowest BCUT2D eigenvalue weighted by molar-refractivity contribution is -0.114. The molecule has 1 atom stereocenters. The van der Waals surface area contributed by atoms with Crippen molar-refractivity contribution in [1.29, 1.82) is 0 Å². The summed E-state index contributed by atoms with van der Waals surface area (Å²) in [4.78, 5) is 26.5. The Morgan fingerprint density at radius 1 is 1.00 bits per heavy atom. The molecule has 1 aliphatic rings. The van der Waals surface area contributed by atoms with Crippen LogP contribution < -0.4 is 15.5 Å². The first-order valence-corrected chi connectivity index (χ1v) is 9.72. The number of carbonyl (C=O) groups is 2. The van der Waals surface area contributed by atoms with E-state index in [2.05, 4.69) is 41.8 Å². The van der Waals surface area contributed by atoms with Crippen LogP contribution in [0, 0.1) is 0 Å². The number of rotatable bonds is 4. The zero-order valence-electron chi connectivity index (χ0n) is 16.5. The van der Waals surface area contributed by atoms with Crippen molar-refractivity contribution in [2.45, 2.75) is 26.4 Å². The van der Waals surface area contributed by atoms with E-state index in [1.54, 1.807) is 4.90 Å². The monoisotopic (exact) mass is 385 g/mol. The van der Waals surface area contributed by atoms with Gasteiger partial charge >= 0.3 is 0 Å². The van der Waals surface area contributed by atoms with Gasteiger partial charge in [-0.1, -0.05) is 43.3 Å². The van der Waals surface area contributed by atoms with Crippen molar-refractivity contribution < 1.29 is 9.59 Å². The third-order valence-corrected chi connectivity index (χ3v) is 5.10. The number of anilines is 3. The Labute approximate surface area is 170 Å². The van der Waals surface area contributed by atoms with E-state index in [4.69, 9.17) is 0 Å². The second-order valence-electron chi connectivity index (χ2n) is 7.09. The SMILES string of the molecule is CCc1ccc(C2Nc3ccccc3C(=O)N2c2ccc(NC(C)=O)cc2)cc1. The zero-order chi connectivity index (χ0) is 20.4. The normalized spacial score (nSPS) is 15.4. The number of nitrogens with one attached hydrogen (secondary N) is 2. The molecule has 5 nitrogen and oxygen atoms in total. The minimum Gasteiger partial charge on any atom is -0.360 e. The second kappa shape index (κ2) is 7.80. The molecule has 0 bridgehead atoms. The van der Waals surface area contributed by atoms with Crippen molar-refractivity contribution in [2.75, 3.05) is 15.5 Å². The van der Waals surface area contributed by atoms with Gasteiger partial charge in [-0.3, -0.25) is 14.5 Å². The summed E-state index contributed by atoms with van der Waals surface area (Å²) in [6.07, 6.45) is 0.643. The van der Waals surface area contributed by atoms with E-state index >= 15 is 0 Å². The number of para-hydroxylation sites is 1. The molecule has 29 heavy (non-hydrogen) atoms. The molecule has 3 aromatic rings. The Balaban J connectivity index is 1.76. The van der Waals surface area contributed by atoms with Gasteiger partial charge in [0.15, 0.2) is 0 Å². The quantitative estimate of drug-likeness (QED) is 0.666. The highest BCUT2D eigenvalue weighted by molar-refractivity contribution is 6.12. The van der Waals surface area contributed by atoms with Crippen LogP contribution in [0.4, 0.5) is 17.1 Å². The maximum atomic E-state index is 13.4. The largest absolute Gasteiger partial charge is 0.360 e. The molecular weight excluding hydrogens is 362 g/mol. The number of carbonyl (C=O) groups excluding carboxylic acids is 2.